The Bertz CT molecular complexity index is 1790. The van der Waals surface area contributed by atoms with Crippen molar-refractivity contribution in [3.8, 4) is 0 Å². The lowest BCUT2D eigenvalue weighted by Gasteiger charge is -2.24. The molecule has 0 saturated carbocycles. The Hall–Kier alpha value is -4.56. The van der Waals surface area contributed by atoms with Crippen LogP contribution in [0.3, 0.4) is 0 Å². The van der Waals surface area contributed by atoms with E-state index in [1.165, 1.54) is 29.1 Å². The Morgan fingerprint density at radius 1 is 1.05 bits per heavy atom. The van der Waals surface area contributed by atoms with Crippen molar-refractivity contribution in [2.24, 2.45) is 4.99 Å². The molecule has 0 amide bonds. The van der Waals surface area contributed by atoms with E-state index in [2.05, 4.69) is 11.6 Å². The first-order valence-electron chi connectivity index (χ1n) is 11.9. The van der Waals surface area contributed by atoms with E-state index < -0.39 is 18.0 Å². The van der Waals surface area contributed by atoms with Crippen molar-refractivity contribution in [3.63, 3.8) is 0 Å². The molecule has 190 valence electrons. The Kier molecular flexibility index (Phi) is 6.89. The van der Waals surface area contributed by atoms with Crippen LogP contribution in [0.2, 0.25) is 0 Å². The van der Waals surface area contributed by atoms with Crippen LogP contribution in [0.5, 0.6) is 0 Å². The van der Waals surface area contributed by atoms with Crippen LogP contribution in [-0.4, -0.2) is 30.2 Å². The number of ether oxygens (including phenoxy) is 2. The van der Waals surface area contributed by atoms with Crippen LogP contribution in [0, 0.1) is 0 Å². The zero-order valence-corrected chi connectivity index (χ0v) is 21.7. The highest BCUT2D eigenvalue weighted by Crippen LogP contribution is 2.31. The van der Waals surface area contributed by atoms with Crippen LogP contribution in [0.4, 0.5) is 0 Å². The molecule has 0 radical (unpaired) electrons. The van der Waals surface area contributed by atoms with Crippen molar-refractivity contribution in [1.29, 1.82) is 0 Å². The Balaban J connectivity index is 1.71. The van der Waals surface area contributed by atoms with Crippen molar-refractivity contribution in [1.82, 2.24) is 4.57 Å². The number of carbonyl (C=O) groups excluding carboxylic acids is 2. The molecule has 0 spiro atoms. The Morgan fingerprint density at radius 3 is 2.53 bits per heavy atom. The average molecular weight is 525 g/mol. The molecular formula is C30H24N2O5S. The number of methoxy groups -OCH3 is 1. The predicted molar refractivity (Wildman–Crippen MR) is 147 cm³/mol. The molecule has 2 heterocycles. The van der Waals surface area contributed by atoms with Gasteiger partial charge in [0, 0.05) is 0 Å². The van der Waals surface area contributed by atoms with E-state index in [1.54, 1.807) is 31.2 Å². The van der Waals surface area contributed by atoms with E-state index >= 15 is 0 Å². The molecule has 5 rings (SSSR count). The van der Waals surface area contributed by atoms with Crippen LogP contribution in [0.1, 0.15) is 34.5 Å². The standard InChI is InChI=1S/C30H24N2O5S/c1-4-16-37-29(35)25-18(2)31-30-32(26(25)20-12-14-21(15-13-20)28(34)36-3)27(33)24(38-30)17-22-10-7-9-19-8-5-6-11-23(19)22/h4-15,17,26H,1,16H2,2-3H3. The predicted octanol–water partition coefficient (Wildman–Crippen LogP) is 3.90. The maximum Gasteiger partial charge on any atom is 0.338 e. The van der Waals surface area contributed by atoms with Crippen molar-refractivity contribution in [2.75, 3.05) is 13.7 Å². The molecule has 3 aromatic carbocycles. The zero-order chi connectivity index (χ0) is 26.8. The summed E-state index contributed by atoms with van der Waals surface area (Å²) < 4.78 is 12.2. The van der Waals surface area contributed by atoms with E-state index in [0.717, 1.165) is 16.3 Å². The molecule has 0 fully saturated rings. The van der Waals surface area contributed by atoms with Crippen LogP contribution in [0.25, 0.3) is 16.8 Å². The molecule has 8 heteroatoms. The monoisotopic (exact) mass is 524 g/mol. The van der Waals surface area contributed by atoms with E-state index in [1.807, 2.05) is 48.5 Å². The molecule has 1 aliphatic heterocycles. The number of allylic oxidation sites excluding steroid dienone is 1. The maximum absolute atomic E-state index is 13.9. The molecule has 4 aromatic rings. The van der Waals surface area contributed by atoms with Gasteiger partial charge >= 0.3 is 11.9 Å². The number of fused-ring (bicyclic) bond motifs is 2. The zero-order valence-electron chi connectivity index (χ0n) is 20.8. The summed E-state index contributed by atoms with van der Waals surface area (Å²) in [4.78, 5) is 44.1. The Labute approximate surface area is 222 Å². The van der Waals surface area contributed by atoms with Crippen LogP contribution in [0.15, 0.2) is 100 Å². The van der Waals surface area contributed by atoms with Crippen molar-refractivity contribution in [3.05, 3.63) is 127 Å². The first kappa shape index (κ1) is 25.1. The van der Waals surface area contributed by atoms with Gasteiger partial charge in [-0.3, -0.25) is 9.36 Å². The highest BCUT2D eigenvalue weighted by Gasteiger charge is 2.33. The van der Waals surface area contributed by atoms with Gasteiger partial charge in [-0.05, 0) is 47.0 Å². The molecule has 1 aliphatic rings. The van der Waals surface area contributed by atoms with Crippen LogP contribution >= 0.6 is 11.3 Å². The van der Waals surface area contributed by atoms with Crippen LogP contribution in [-0.2, 0) is 14.3 Å². The lowest BCUT2D eigenvalue weighted by atomic mass is 9.95. The second-order valence-corrected chi connectivity index (χ2v) is 9.66. The minimum Gasteiger partial charge on any atom is -0.465 e. The molecule has 1 unspecified atom stereocenters. The second-order valence-electron chi connectivity index (χ2n) is 8.65. The number of carbonyl (C=O) groups is 2. The third-order valence-corrected chi connectivity index (χ3v) is 7.31. The summed E-state index contributed by atoms with van der Waals surface area (Å²) in [5.74, 6) is -1.07. The van der Waals surface area contributed by atoms with E-state index in [9.17, 15) is 14.4 Å². The summed E-state index contributed by atoms with van der Waals surface area (Å²) in [6.07, 6.45) is 3.34. The van der Waals surface area contributed by atoms with Gasteiger partial charge in [0.05, 0.1) is 34.5 Å². The van der Waals surface area contributed by atoms with E-state index in [0.29, 0.717) is 26.2 Å². The number of benzene rings is 3. The van der Waals surface area contributed by atoms with Gasteiger partial charge in [0.25, 0.3) is 5.56 Å². The summed E-state index contributed by atoms with van der Waals surface area (Å²) in [6.45, 7) is 5.35. The summed E-state index contributed by atoms with van der Waals surface area (Å²) in [5.41, 5.74) is 2.34. The van der Waals surface area contributed by atoms with E-state index in [4.69, 9.17) is 9.47 Å². The van der Waals surface area contributed by atoms with Crippen LogP contribution < -0.4 is 14.9 Å². The summed E-state index contributed by atoms with van der Waals surface area (Å²) in [5, 5.41) is 2.10. The van der Waals surface area contributed by atoms with Gasteiger partial charge in [0.15, 0.2) is 4.80 Å². The topological polar surface area (TPSA) is 87.0 Å². The Morgan fingerprint density at radius 2 is 1.79 bits per heavy atom. The first-order chi connectivity index (χ1) is 18.4. The first-order valence-corrected chi connectivity index (χ1v) is 12.7. The average Bonchev–Trinajstić information content (AvgIpc) is 3.24. The largest absolute Gasteiger partial charge is 0.465 e. The number of hydrogen-bond acceptors (Lipinski definition) is 7. The fraction of sp³-hybridized carbons (Fsp3) is 0.133. The van der Waals surface area contributed by atoms with Crippen molar-refractivity contribution in [2.45, 2.75) is 13.0 Å². The number of esters is 2. The molecule has 38 heavy (non-hydrogen) atoms. The molecule has 0 saturated heterocycles. The SMILES string of the molecule is C=CCOC(=O)C1=C(C)N=c2sc(=Cc3cccc4ccccc34)c(=O)n2C1c1ccc(C(=O)OC)cc1. The van der Waals surface area contributed by atoms with Crippen molar-refractivity contribution >= 4 is 40.1 Å². The van der Waals surface area contributed by atoms with Gasteiger partial charge in [-0.2, -0.15) is 0 Å². The van der Waals surface area contributed by atoms with Crippen molar-refractivity contribution < 1.29 is 19.1 Å². The smallest absolute Gasteiger partial charge is 0.338 e. The molecule has 1 aromatic heterocycles. The highest BCUT2D eigenvalue weighted by molar-refractivity contribution is 7.07. The minimum atomic E-state index is -0.787. The number of hydrogen-bond donors (Lipinski definition) is 0. The number of aromatic nitrogens is 1. The molecule has 0 N–H and O–H groups in total. The van der Waals surface area contributed by atoms with Gasteiger partial charge in [0.2, 0.25) is 0 Å². The molecule has 0 bridgehead atoms. The lowest BCUT2D eigenvalue weighted by molar-refractivity contribution is -0.138. The van der Waals surface area contributed by atoms with Gasteiger partial charge in [-0.25, -0.2) is 14.6 Å². The summed E-state index contributed by atoms with van der Waals surface area (Å²) in [6, 6.07) is 19.8. The molecule has 0 aliphatic carbocycles. The number of nitrogens with zero attached hydrogens (tertiary/aromatic N) is 2. The van der Waals surface area contributed by atoms with Gasteiger partial charge in [0.1, 0.15) is 6.61 Å². The maximum atomic E-state index is 13.9. The molecule has 7 nitrogen and oxygen atoms in total. The van der Waals surface area contributed by atoms with Gasteiger partial charge in [-0.1, -0.05) is 78.6 Å². The third-order valence-electron chi connectivity index (χ3n) is 6.33. The third kappa shape index (κ3) is 4.50. The summed E-state index contributed by atoms with van der Waals surface area (Å²) >= 11 is 1.26. The van der Waals surface area contributed by atoms with Gasteiger partial charge in [-0.15, -0.1) is 0 Å². The lowest BCUT2D eigenvalue weighted by Crippen LogP contribution is -2.40. The number of rotatable bonds is 6. The number of thiazole rings is 1. The van der Waals surface area contributed by atoms with Gasteiger partial charge < -0.3 is 9.47 Å². The summed E-state index contributed by atoms with van der Waals surface area (Å²) in [7, 11) is 1.31. The second kappa shape index (κ2) is 10.4. The fourth-order valence-corrected chi connectivity index (χ4v) is 5.58. The normalized spacial score (nSPS) is 15.1. The highest BCUT2D eigenvalue weighted by atomic mass is 32.1. The fourth-order valence-electron chi connectivity index (χ4n) is 4.55. The quantitative estimate of drug-likeness (QED) is 0.282. The minimum absolute atomic E-state index is 0.0229. The molecule has 1 atom stereocenters. The molecular weight excluding hydrogens is 500 g/mol. The van der Waals surface area contributed by atoms with E-state index in [-0.39, 0.29) is 17.7 Å².